The number of benzene rings is 1. The fraction of sp³-hybridized carbons (Fsp3) is 0.350. The second-order valence-electron chi connectivity index (χ2n) is 6.80. The molecule has 0 radical (unpaired) electrons. The average Bonchev–Trinajstić information content (AvgIpc) is 2.91. The molecule has 0 spiro atoms. The van der Waals surface area contributed by atoms with Crippen molar-refractivity contribution in [3.8, 4) is 16.9 Å². The number of nitrogens with one attached hydrogen (secondary N) is 1. The fourth-order valence-corrected chi connectivity index (χ4v) is 3.61. The van der Waals surface area contributed by atoms with Gasteiger partial charge in [-0.1, -0.05) is 12.8 Å². The van der Waals surface area contributed by atoms with Crippen LogP contribution in [0.15, 0.2) is 41.5 Å². The maximum Gasteiger partial charge on any atom is 0.341 e. The van der Waals surface area contributed by atoms with Crippen LogP contribution in [-0.2, 0) is 4.74 Å². The van der Waals surface area contributed by atoms with Gasteiger partial charge < -0.3 is 14.2 Å². The molecular weight excluding hydrogens is 344 g/mol. The number of methoxy groups -OCH3 is 1. The van der Waals surface area contributed by atoms with Gasteiger partial charge in [-0.25, -0.2) is 9.89 Å². The largest absolute Gasteiger partial charge is 0.465 e. The highest BCUT2D eigenvalue weighted by atomic mass is 16.5. The molecule has 27 heavy (non-hydrogen) atoms. The van der Waals surface area contributed by atoms with Crippen LogP contribution < -0.4 is 10.5 Å². The molecule has 1 aromatic carbocycles. The van der Waals surface area contributed by atoms with Gasteiger partial charge in [0.05, 0.1) is 12.7 Å². The van der Waals surface area contributed by atoms with Gasteiger partial charge in [-0.05, 0) is 37.1 Å². The van der Waals surface area contributed by atoms with Crippen molar-refractivity contribution < 1.29 is 9.53 Å². The maximum absolute atomic E-state index is 12.1. The van der Waals surface area contributed by atoms with E-state index in [9.17, 15) is 9.59 Å². The summed E-state index contributed by atoms with van der Waals surface area (Å²) in [5.74, 6) is -0.526. The summed E-state index contributed by atoms with van der Waals surface area (Å²) in [5.41, 5.74) is 2.67. The molecule has 1 saturated heterocycles. The van der Waals surface area contributed by atoms with E-state index < -0.39 is 5.97 Å². The summed E-state index contributed by atoms with van der Waals surface area (Å²) in [5, 5.41) is 6.35. The molecular formula is C20H22N4O3. The number of anilines is 1. The predicted molar refractivity (Wildman–Crippen MR) is 103 cm³/mol. The predicted octanol–water partition coefficient (Wildman–Crippen LogP) is 2.83. The standard InChI is InChI=1S/C20H22N4O3/c1-27-20(26)17-13-24(12-16-18(17)21-22-19(16)25)15-8-6-14(7-9-15)23-10-4-2-3-5-11-23/h6-9,12-13H,2-5,10-11H2,1H3,(H,22,25). The molecule has 3 aliphatic heterocycles. The van der Waals surface area contributed by atoms with Crippen molar-refractivity contribution in [3.63, 3.8) is 0 Å². The minimum Gasteiger partial charge on any atom is -0.465 e. The van der Waals surface area contributed by atoms with E-state index in [0.717, 1.165) is 18.8 Å². The summed E-state index contributed by atoms with van der Waals surface area (Å²) >= 11 is 0. The summed E-state index contributed by atoms with van der Waals surface area (Å²) in [6.45, 7) is 2.17. The van der Waals surface area contributed by atoms with Crippen LogP contribution in [0.1, 0.15) is 36.0 Å². The Hall–Kier alpha value is -3.09. The topological polar surface area (TPSA) is 80.2 Å². The lowest BCUT2D eigenvalue weighted by atomic mass is 10.1. The van der Waals surface area contributed by atoms with Gasteiger partial charge in [-0.2, -0.15) is 5.10 Å². The number of aromatic amines is 1. The highest BCUT2D eigenvalue weighted by molar-refractivity contribution is 5.96. The van der Waals surface area contributed by atoms with E-state index in [4.69, 9.17) is 4.74 Å². The first-order valence-electron chi connectivity index (χ1n) is 9.21. The Morgan fingerprint density at radius 2 is 1.70 bits per heavy atom. The number of pyridine rings is 1. The molecule has 1 aromatic rings. The van der Waals surface area contributed by atoms with Crippen LogP contribution in [0.5, 0.6) is 0 Å². The lowest BCUT2D eigenvalue weighted by Crippen LogP contribution is -2.23. The molecule has 0 bridgehead atoms. The van der Waals surface area contributed by atoms with E-state index in [0.29, 0.717) is 11.3 Å². The zero-order chi connectivity index (χ0) is 18.8. The lowest BCUT2D eigenvalue weighted by molar-refractivity contribution is 0.0600. The Kier molecular flexibility index (Phi) is 4.66. The Bertz CT molecular complexity index is 966. The number of rotatable bonds is 3. The molecule has 1 fully saturated rings. The smallest absolute Gasteiger partial charge is 0.341 e. The van der Waals surface area contributed by atoms with Crippen LogP contribution in [0.25, 0.3) is 16.9 Å². The van der Waals surface area contributed by atoms with Crippen LogP contribution in [0, 0.1) is 0 Å². The van der Waals surface area contributed by atoms with E-state index in [2.05, 4.69) is 27.2 Å². The Balaban J connectivity index is 1.71. The van der Waals surface area contributed by atoms with Crippen molar-refractivity contribution in [1.29, 1.82) is 0 Å². The van der Waals surface area contributed by atoms with E-state index in [1.807, 2.05) is 12.1 Å². The van der Waals surface area contributed by atoms with Crippen LogP contribution in [-0.4, -0.2) is 40.9 Å². The molecule has 4 rings (SSSR count). The Morgan fingerprint density at radius 1 is 1.04 bits per heavy atom. The molecule has 7 heteroatoms. The van der Waals surface area contributed by atoms with Crippen LogP contribution in [0.3, 0.4) is 0 Å². The SMILES string of the molecule is COC(=O)c1cn(-c2ccc(N3CCCCCC3)cc2)cc2c(=O)[nH]nc1-2. The number of hydrogen-bond acceptors (Lipinski definition) is 5. The highest BCUT2D eigenvalue weighted by Crippen LogP contribution is 2.25. The van der Waals surface area contributed by atoms with Gasteiger partial charge in [0.15, 0.2) is 0 Å². The van der Waals surface area contributed by atoms with Crippen molar-refractivity contribution in [2.75, 3.05) is 25.1 Å². The first kappa shape index (κ1) is 17.3. The number of carbonyl (C=O) groups excluding carboxylic acids is 1. The first-order chi connectivity index (χ1) is 13.2. The van der Waals surface area contributed by atoms with Crippen molar-refractivity contribution in [1.82, 2.24) is 14.8 Å². The normalized spacial score (nSPS) is 14.9. The highest BCUT2D eigenvalue weighted by Gasteiger charge is 2.22. The number of ether oxygens (including phenoxy) is 1. The van der Waals surface area contributed by atoms with E-state index >= 15 is 0 Å². The second kappa shape index (κ2) is 7.26. The maximum atomic E-state index is 12.1. The summed E-state index contributed by atoms with van der Waals surface area (Å²) in [6.07, 6.45) is 8.38. The van der Waals surface area contributed by atoms with E-state index in [1.165, 1.54) is 38.5 Å². The quantitative estimate of drug-likeness (QED) is 0.721. The lowest BCUT2D eigenvalue weighted by Gasteiger charge is -2.23. The molecule has 7 nitrogen and oxygen atoms in total. The first-order valence-corrected chi connectivity index (χ1v) is 9.21. The number of H-pyrrole nitrogens is 1. The summed E-state index contributed by atoms with van der Waals surface area (Å²) in [6, 6.07) is 8.17. The number of nitrogens with zero attached hydrogens (tertiary/aromatic N) is 3. The molecule has 3 heterocycles. The molecule has 1 N–H and O–H groups in total. The summed E-state index contributed by atoms with van der Waals surface area (Å²) < 4.78 is 6.60. The van der Waals surface area contributed by atoms with Gasteiger partial charge in [-0.3, -0.25) is 4.79 Å². The molecule has 0 amide bonds. The fourth-order valence-electron chi connectivity index (χ4n) is 3.61. The number of carbonyl (C=O) groups is 1. The van der Waals surface area contributed by atoms with Crippen LogP contribution in [0.2, 0.25) is 0 Å². The van der Waals surface area contributed by atoms with Gasteiger partial charge in [0.25, 0.3) is 5.56 Å². The van der Waals surface area contributed by atoms with Crippen LogP contribution >= 0.6 is 0 Å². The van der Waals surface area contributed by atoms with Crippen molar-refractivity contribution in [2.24, 2.45) is 0 Å². The van der Waals surface area contributed by atoms with Gasteiger partial charge in [0, 0.05) is 36.9 Å². The van der Waals surface area contributed by atoms with Gasteiger partial charge in [-0.15, -0.1) is 0 Å². The number of aromatic nitrogens is 3. The number of fused-ring (bicyclic) bond motifs is 1. The third-order valence-electron chi connectivity index (χ3n) is 5.08. The van der Waals surface area contributed by atoms with Crippen molar-refractivity contribution in [3.05, 3.63) is 52.6 Å². The third-order valence-corrected chi connectivity index (χ3v) is 5.08. The zero-order valence-corrected chi connectivity index (χ0v) is 15.3. The second-order valence-corrected chi connectivity index (χ2v) is 6.80. The summed E-state index contributed by atoms with van der Waals surface area (Å²) in [7, 11) is 1.31. The van der Waals surface area contributed by atoms with E-state index in [1.54, 1.807) is 17.0 Å². The Morgan fingerprint density at radius 3 is 2.37 bits per heavy atom. The molecule has 140 valence electrons. The number of hydrogen-bond donors (Lipinski definition) is 1. The van der Waals surface area contributed by atoms with Gasteiger partial charge >= 0.3 is 5.97 Å². The zero-order valence-electron chi connectivity index (χ0n) is 15.3. The molecule has 3 aliphatic rings. The van der Waals surface area contributed by atoms with Gasteiger partial charge in [0.2, 0.25) is 0 Å². The summed E-state index contributed by atoms with van der Waals surface area (Å²) in [4.78, 5) is 26.6. The minimum absolute atomic E-state index is 0.255. The van der Waals surface area contributed by atoms with Crippen molar-refractivity contribution >= 4 is 11.7 Å². The molecule has 0 unspecified atom stereocenters. The van der Waals surface area contributed by atoms with Crippen molar-refractivity contribution in [2.45, 2.75) is 25.7 Å². The molecule has 0 saturated carbocycles. The molecule has 0 aliphatic carbocycles. The minimum atomic E-state index is -0.526. The number of esters is 1. The third kappa shape index (κ3) is 3.32. The molecule has 0 atom stereocenters. The Labute approximate surface area is 156 Å². The monoisotopic (exact) mass is 366 g/mol. The molecule has 0 aromatic heterocycles. The van der Waals surface area contributed by atoms with Crippen LogP contribution in [0.4, 0.5) is 5.69 Å². The van der Waals surface area contributed by atoms with E-state index in [-0.39, 0.29) is 11.1 Å². The van der Waals surface area contributed by atoms with Gasteiger partial charge in [0.1, 0.15) is 11.3 Å². The average molecular weight is 366 g/mol.